The second-order valence-corrected chi connectivity index (χ2v) is 8.85. The minimum Gasteiger partial charge on any atom is -0.353 e. The lowest BCUT2D eigenvalue weighted by molar-refractivity contribution is -0.137. The molecule has 0 bridgehead atoms. The third-order valence-electron chi connectivity index (χ3n) is 6.15. The van der Waals surface area contributed by atoms with Crippen LogP contribution in [0.5, 0.6) is 0 Å². The van der Waals surface area contributed by atoms with Crippen LogP contribution < -0.4 is 20.9 Å². The first-order valence-corrected chi connectivity index (χ1v) is 12.0. The maximum atomic E-state index is 14.7. The van der Waals surface area contributed by atoms with E-state index in [4.69, 9.17) is 0 Å². The lowest BCUT2D eigenvalue weighted by Gasteiger charge is -2.28. The van der Waals surface area contributed by atoms with Crippen molar-refractivity contribution >= 4 is 40.0 Å². The van der Waals surface area contributed by atoms with Gasteiger partial charge in [0.05, 0.1) is 28.4 Å². The summed E-state index contributed by atoms with van der Waals surface area (Å²) < 4.78 is 53.5. The van der Waals surface area contributed by atoms with E-state index in [2.05, 4.69) is 30.8 Å². The summed E-state index contributed by atoms with van der Waals surface area (Å²) in [5, 5.41) is 7.98. The number of benzene rings is 3. The number of nitrogens with zero attached hydrogens (tertiary/aromatic N) is 3. The fourth-order valence-electron chi connectivity index (χ4n) is 4.19. The molecule has 0 saturated carbocycles. The summed E-state index contributed by atoms with van der Waals surface area (Å²) in [6.07, 6.45) is -2.89. The zero-order valence-corrected chi connectivity index (χ0v) is 20.3. The number of amides is 2. The summed E-state index contributed by atoms with van der Waals surface area (Å²) in [4.78, 5) is 36.7. The van der Waals surface area contributed by atoms with Crippen LogP contribution in [-0.4, -0.2) is 48.0 Å². The average molecular weight is 539 g/mol. The van der Waals surface area contributed by atoms with Gasteiger partial charge in [0.1, 0.15) is 11.6 Å². The van der Waals surface area contributed by atoms with Crippen molar-refractivity contribution in [2.45, 2.75) is 6.18 Å². The van der Waals surface area contributed by atoms with Gasteiger partial charge in [-0.25, -0.2) is 14.2 Å². The largest absolute Gasteiger partial charge is 0.416 e. The van der Waals surface area contributed by atoms with Crippen molar-refractivity contribution in [3.63, 3.8) is 0 Å². The van der Waals surface area contributed by atoms with Crippen molar-refractivity contribution in [1.82, 2.24) is 15.3 Å². The normalized spacial score (nSPS) is 13.8. The molecule has 0 atom stereocenters. The molecule has 2 heterocycles. The molecule has 200 valence electrons. The minimum absolute atomic E-state index is 0.0748. The van der Waals surface area contributed by atoms with Crippen LogP contribution in [-0.2, 0) is 6.18 Å². The zero-order valence-electron chi connectivity index (χ0n) is 20.3. The molecular formula is C27H22F4N6O2. The molecule has 0 unspecified atom stereocenters. The Balaban J connectivity index is 1.34. The van der Waals surface area contributed by atoms with E-state index >= 15 is 0 Å². The lowest BCUT2D eigenvalue weighted by atomic mass is 10.0. The fourth-order valence-corrected chi connectivity index (χ4v) is 4.19. The minimum atomic E-state index is -4.57. The number of aromatic nitrogens is 2. The summed E-state index contributed by atoms with van der Waals surface area (Å²) in [5.41, 5.74) is 0.00915. The maximum Gasteiger partial charge on any atom is 0.416 e. The summed E-state index contributed by atoms with van der Waals surface area (Å²) in [7, 11) is 0. The Hall–Kier alpha value is -4.58. The van der Waals surface area contributed by atoms with Gasteiger partial charge >= 0.3 is 12.2 Å². The Morgan fingerprint density at radius 2 is 1.64 bits per heavy atom. The van der Waals surface area contributed by atoms with Crippen LogP contribution in [0.2, 0.25) is 0 Å². The number of hydrogen-bond acceptors (Lipinski definition) is 6. The van der Waals surface area contributed by atoms with E-state index in [0.29, 0.717) is 16.9 Å². The number of halogens is 4. The van der Waals surface area contributed by atoms with Gasteiger partial charge in [0.2, 0.25) is 0 Å². The first kappa shape index (κ1) is 26.0. The molecule has 8 nitrogen and oxygen atoms in total. The third kappa shape index (κ3) is 5.96. The number of hydrogen-bond donors (Lipinski definition) is 3. The van der Waals surface area contributed by atoms with Crippen molar-refractivity contribution < 1.29 is 27.2 Å². The Kier molecular flexibility index (Phi) is 7.11. The zero-order chi connectivity index (χ0) is 27.6. The van der Waals surface area contributed by atoms with Gasteiger partial charge in [0.25, 0.3) is 0 Å². The average Bonchev–Trinajstić information content (AvgIpc) is 2.93. The molecule has 2 amide bonds. The predicted molar refractivity (Wildman–Crippen MR) is 139 cm³/mol. The van der Waals surface area contributed by atoms with E-state index in [9.17, 15) is 27.2 Å². The molecular weight excluding hydrogens is 516 g/mol. The number of alkyl halides is 3. The summed E-state index contributed by atoms with van der Waals surface area (Å²) in [5.74, 6) is -0.756. The molecule has 5 rings (SSSR count). The van der Waals surface area contributed by atoms with Crippen molar-refractivity contribution in [3.8, 4) is 0 Å². The van der Waals surface area contributed by atoms with Gasteiger partial charge in [-0.1, -0.05) is 6.07 Å². The molecule has 12 heteroatoms. The van der Waals surface area contributed by atoms with E-state index in [0.717, 1.165) is 56.5 Å². The van der Waals surface area contributed by atoms with Gasteiger partial charge in [-0.3, -0.25) is 9.78 Å². The van der Waals surface area contributed by atoms with Crippen LogP contribution in [0.1, 0.15) is 21.5 Å². The van der Waals surface area contributed by atoms with E-state index < -0.39 is 29.4 Å². The van der Waals surface area contributed by atoms with Crippen LogP contribution in [0.25, 0.3) is 11.0 Å². The standard InChI is InChI=1S/C27H22F4N6O2/c28-21-6-5-19(35-26(39)34-18-3-1-2-17(13-18)27(29,30)31)14-20(21)25(38)16-4-7-22-23(12-16)36-24(15-33-22)37-10-8-32-9-11-37/h1-7,12-15,32H,8-11H2,(H2,34,35,39). The number of fused-ring (bicyclic) bond motifs is 1. The smallest absolute Gasteiger partial charge is 0.353 e. The van der Waals surface area contributed by atoms with E-state index in [1.807, 2.05) is 0 Å². The quantitative estimate of drug-likeness (QED) is 0.242. The molecule has 3 aromatic carbocycles. The molecule has 0 radical (unpaired) electrons. The molecule has 0 aliphatic carbocycles. The first-order valence-electron chi connectivity index (χ1n) is 12.0. The maximum absolute atomic E-state index is 14.7. The predicted octanol–water partition coefficient (Wildman–Crippen LogP) is 5.07. The van der Waals surface area contributed by atoms with Crippen molar-refractivity contribution in [2.75, 3.05) is 41.7 Å². The highest BCUT2D eigenvalue weighted by molar-refractivity contribution is 6.11. The van der Waals surface area contributed by atoms with Crippen molar-refractivity contribution in [2.24, 2.45) is 0 Å². The highest BCUT2D eigenvalue weighted by atomic mass is 19.4. The van der Waals surface area contributed by atoms with Gasteiger partial charge in [-0.05, 0) is 54.6 Å². The number of anilines is 3. The molecule has 1 fully saturated rings. The van der Waals surface area contributed by atoms with Crippen LogP contribution in [0.3, 0.4) is 0 Å². The SMILES string of the molecule is O=C(Nc1cccc(C(F)(F)F)c1)Nc1ccc(F)c(C(=O)c2ccc3ncc(N4CCNCC4)nc3c2)c1. The van der Waals surface area contributed by atoms with E-state index in [1.165, 1.54) is 24.3 Å². The van der Waals surface area contributed by atoms with Gasteiger partial charge < -0.3 is 20.9 Å². The summed E-state index contributed by atoms with van der Waals surface area (Å²) >= 11 is 0. The van der Waals surface area contributed by atoms with Gasteiger partial charge in [-0.15, -0.1) is 0 Å². The molecule has 3 N–H and O–H groups in total. The monoisotopic (exact) mass is 538 g/mol. The molecule has 0 spiro atoms. The first-order chi connectivity index (χ1) is 18.7. The van der Waals surface area contributed by atoms with Crippen LogP contribution in [0.4, 0.5) is 39.5 Å². The molecule has 1 aliphatic rings. The number of carbonyl (C=O) groups excluding carboxylic acids is 2. The fraction of sp³-hybridized carbons (Fsp3) is 0.185. The highest BCUT2D eigenvalue weighted by Gasteiger charge is 2.30. The van der Waals surface area contributed by atoms with E-state index in [-0.39, 0.29) is 22.5 Å². The second-order valence-electron chi connectivity index (χ2n) is 8.85. The van der Waals surface area contributed by atoms with Crippen LogP contribution in [0, 0.1) is 5.82 Å². The van der Waals surface area contributed by atoms with Gasteiger partial charge in [0.15, 0.2) is 5.78 Å². The Labute approximate surface area is 220 Å². The van der Waals surface area contributed by atoms with Gasteiger partial charge in [-0.2, -0.15) is 13.2 Å². The van der Waals surface area contributed by atoms with Crippen LogP contribution >= 0.6 is 0 Å². The second kappa shape index (κ2) is 10.7. The topological polar surface area (TPSA) is 99.2 Å². The molecule has 1 aliphatic heterocycles. The molecule has 1 saturated heterocycles. The Morgan fingerprint density at radius 3 is 2.38 bits per heavy atom. The number of nitrogens with one attached hydrogen (secondary N) is 3. The van der Waals surface area contributed by atoms with E-state index in [1.54, 1.807) is 12.3 Å². The molecule has 1 aromatic heterocycles. The number of piperazine rings is 1. The Morgan fingerprint density at radius 1 is 0.897 bits per heavy atom. The molecule has 39 heavy (non-hydrogen) atoms. The number of urea groups is 1. The van der Waals surface area contributed by atoms with Crippen LogP contribution in [0.15, 0.2) is 66.9 Å². The van der Waals surface area contributed by atoms with Crippen molar-refractivity contribution in [1.29, 1.82) is 0 Å². The highest BCUT2D eigenvalue weighted by Crippen LogP contribution is 2.30. The number of rotatable bonds is 5. The third-order valence-corrected chi connectivity index (χ3v) is 6.15. The summed E-state index contributed by atoms with van der Waals surface area (Å²) in [6, 6.07) is 11.4. The van der Waals surface area contributed by atoms with Crippen molar-refractivity contribution in [3.05, 3.63) is 89.4 Å². The number of ketones is 1. The Bertz CT molecular complexity index is 1550. The summed E-state index contributed by atoms with van der Waals surface area (Å²) in [6.45, 7) is 3.18. The number of carbonyl (C=O) groups is 2. The molecule has 4 aromatic rings. The van der Waals surface area contributed by atoms with Gasteiger partial charge in [0, 0.05) is 43.1 Å². The lowest BCUT2D eigenvalue weighted by Crippen LogP contribution is -2.43.